The van der Waals surface area contributed by atoms with Crippen LogP contribution in [-0.2, 0) is 11.3 Å². The number of carbonyl (C=O) groups is 1. The molecule has 1 atom stereocenters. The number of hydrogen-bond donors (Lipinski definition) is 1. The summed E-state index contributed by atoms with van der Waals surface area (Å²) in [5.74, 6) is 0.149. The number of amides is 1. The predicted molar refractivity (Wildman–Crippen MR) is 99.0 cm³/mol. The molecule has 0 spiro atoms. The molecule has 0 fully saturated rings. The van der Waals surface area contributed by atoms with E-state index in [0.717, 1.165) is 22.4 Å². The topological polar surface area (TPSA) is 36.1 Å². The zero-order valence-corrected chi connectivity index (χ0v) is 14.9. The summed E-state index contributed by atoms with van der Waals surface area (Å²) in [6.07, 6.45) is 0. The molecule has 2 aromatic heterocycles. The molecule has 3 heterocycles. The SMILES string of the molecule is CC1=C(C)C(c2c(C)[nH]c3ccccc23)N(Cc2cccs2)C1=O. The van der Waals surface area contributed by atoms with Gasteiger partial charge >= 0.3 is 0 Å². The maximum atomic E-state index is 12.9. The van der Waals surface area contributed by atoms with Crippen molar-refractivity contribution < 1.29 is 4.79 Å². The van der Waals surface area contributed by atoms with Crippen molar-refractivity contribution in [3.05, 3.63) is 69.1 Å². The van der Waals surface area contributed by atoms with Crippen LogP contribution in [0.25, 0.3) is 10.9 Å². The minimum absolute atomic E-state index is 0.00995. The van der Waals surface area contributed by atoms with Crippen molar-refractivity contribution in [2.24, 2.45) is 0 Å². The molecular formula is C20H20N2OS. The highest BCUT2D eigenvalue weighted by Crippen LogP contribution is 2.42. The quantitative estimate of drug-likeness (QED) is 0.721. The summed E-state index contributed by atoms with van der Waals surface area (Å²) in [4.78, 5) is 19.6. The van der Waals surface area contributed by atoms with Crippen LogP contribution in [0.4, 0.5) is 0 Å². The van der Waals surface area contributed by atoms with Crippen LogP contribution in [0.3, 0.4) is 0 Å². The summed E-state index contributed by atoms with van der Waals surface area (Å²) in [5, 5.41) is 3.27. The second-order valence-corrected chi connectivity index (χ2v) is 7.46. The number of hydrogen-bond acceptors (Lipinski definition) is 2. The number of carbonyl (C=O) groups excluding carboxylic acids is 1. The van der Waals surface area contributed by atoms with Crippen molar-refractivity contribution >= 4 is 28.1 Å². The van der Waals surface area contributed by atoms with Crippen molar-refractivity contribution in [2.45, 2.75) is 33.4 Å². The number of H-pyrrole nitrogens is 1. The van der Waals surface area contributed by atoms with Crippen molar-refractivity contribution in [3.8, 4) is 0 Å². The highest BCUT2D eigenvalue weighted by atomic mass is 32.1. The number of aromatic amines is 1. The highest BCUT2D eigenvalue weighted by Gasteiger charge is 2.37. The molecule has 1 amide bonds. The minimum Gasteiger partial charge on any atom is -0.358 e. The van der Waals surface area contributed by atoms with Gasteiger partial charge in [-0.1, -0.05) is 24.3 Å². The fourth-order valence-corrected chi connectivity index (χ4v) is 4.40. The van der Waals surface area contributed by atoms with Gasteiger partial charge in [0.25, 0.3) is 5.91 Å². The van der Waals surface area contributed by atoms with Gasteiger partial charge in [0.05, 0.1) is 12.6 Å². The van der Waals surface area contributed by atoms with Gasteiger partial charge in [-0.2, -0.15) is 0 Å². The molecular weight excluding hydrogens is 316 g/mol. The van der Waals surface area contributed by atoms with E-state index >= 15 is 0 Å². The standard InChI is InChI=1S/C20H20N2OS/c1-12-13(2)20(23)22(11-15-7-6-10-24-15)19(12)18-14(3)21-17-9-5-4-8-16(17)18/h4-10,19,21H,11H2,1-3H3. The van der Waals surface area contributed by atoms with Gasteiger partial charge in [0.2, 0.25) is 0 Å². The molecule has 1 aliphatic heterocycles. The van der Waals surface area contributed by atoms with Gasteiger partial charge in [-0.15, -0.1) is 11.3 Å². The Balaban J connectivity index is 1.86. The number of nitrogens with zero attached hydrogens (tertiary/aromatic N) is 1. The summed E-state index contributed by atoms with van der Waals surface area (Å²) in [6, 6.07) is 12.5. The lowest BCUT2D eigenvalue weighted by Crippen LogP contribution is -2.29. The third-order valence-electron chi connectivity index (χ3n) is 5.02. The monoisotopic (exact) mass is 336 g/mol. The smallest absolute Gasteiger partial charge is 0.250 e. The van der Waals surface area contributed by atoms with Crippen LogP contribution in [0.2, 0.25) is 0 Å². The molecule has 1 N–H and O–H groups in total. The maximum absolute atomic E-state index is 12.9. The molecule has 1 aromatic carbocycles. The van der Waals surface area contributed by atoms with Crippen LogP contribution in [0.15, 0.2) is 52.9 Å². The van der Waals surface area contributed by atoms with Gasteiger partial charge in [-0.05, 0) is 43.9 Å². The van der Waals surface area contributed by atoms with Crippen LogP contribution < -0.4 is 0 Å². The molecule has 1 aliphatic rings. The summed E-state index contributed by atoms with van der Waals surface area (Å²) in [5.41, 5.74) is 5.53. The number of para-hydroxylation sites is 1. The van der Waals surface area contributed by atoms with Gasteiger partial charge in [-0.25, -0.2) is 0 Å². The fraction of sp³-hybridized carbons (Fsp3) is 0.250. The first-order valence-electron chi connectivity index (χ1n) is 8.16. The number of fused-ring (bicyclic) bond motifs is 1. The molecule has 0 bridgehead atoms. The third-order valence-corrected chi connectivity index (χ3v) is 5.88. The van der Waals surface area contributed by atoms with Gasteiger partial charge in [0.15, 0.2) is 0 Å². The zero-order valence-electron chi connectivity index (χ0n) is 14.1. The molecule has 24 heavy (non-hydrogen) atoms. The van der Waals surface area contributed by atoms with Gasteiger partial charge in [0, 0.05) is 32.6 Å². The van der Waals surface area contributed by atoms with Crippen molar-refractivity contribution in [1.29, 1.82) is 0 Å². The largest absolute Gasteiger partial charge is 0.358 e. The molecule has 1 unspecified atom stereocenters. The van der Waals surface area contributed by atoms with Crippen molar-refractivity contribution in [3.63, 3.8) is 0 Å². The molecule has 4 rings (SSSR count). The zero-order chi connectivity index (χ0) is 16.8. The van der Waals surface area contributed by atoms with Gasteiger partial charge in [-0.3, -0.25) is 4.79 Å². The Morgan fingerprint density at radius 2 is 1.92 bits per heavy atom. The average Bonchev–Trinajstić information content (AvgIpc) is 3.24. The average molecular weight is 336 g/mol. The van der Waals surface area contributed by atoms with E-state index in [1.165, 1.54) is 15.8 Å². The minimum atomic E-state index is 0.00995. The van der Waals surface area contributed by atoms with E-state index in [-0.39, 0.29) is 11.9 Å². The predicted octanol–water partition coefficient (Wildman–Crippen LogP) is 4.96. The van der Waals surface area contributed by atoms with Crippen molar-refractivity contribution in [1.82, 2.24) is 9.88 Å². The first kappa shape index (κ1) is 15.2. The lowest BCUT2D eigenvalue weighted by molar-refractivity contribution is -0.127. The van der Waals surface area contributed by atoms with E-state index in [1.807, 2.05) is 24.0 Å². The second kappa shape index (κ2) is 5.64. The number of aromatic nitrogens is 1. The van der Waals surface area contributed by atoms with E-state index in [2.05, 4.69) is 48.5 Å². The van der Waals surface area contributed by atoms with Crippen molar-refractivity contribution in [2.75, 3.05) is 0 Å². The summed E-state index contributed by atoms with van der Waals surface area (Å²) >= 11 is 1.70. The second-order valence-electron chi connectivity index (χ2n) is 6.43. The Labute approximate surface area is 145 Å². The van der Waals surface area contributed by atoms with Crippen LogP contribution in [-0.4, -0.2) is 15.8 Å². The maximum Gasteiger partial charge on any atom is 0.250 e. The van der Waals surface area contributed by atoms with Crippen LogP contribution in [0.5, 0.6) is 0 Å². The Kier molecular flexibility index (Phi) is 3.57. The summed E-state index contributed by atoms with van der Waals surface area (Å²) in [6.45, 7) is 6.80. The van der Waals surface area contributed by atoms with Crippen LogP contribution >= 0.6 is 11.3 Å². The first-order valence-corrected chi connectivity index (χ1v) is 9.04. The molecule has 0 saturated heterocycles. The molecule has 0 radical (unpaired) electrons. The Hall–Kier alpha value is -2.33. The normalized spacial score (nSPS) is 18.2. The Morgan fingerprint density at radius 1 is 1.12 bits per heavy atom. The van der Waals surface area contributed by atoms with Crippen LogP contribution in [0, 0.1) is 6.92 Å². The lowest BCUT2D eigenvalue weighted by atomic mass is 9.96. The molecule has 0 aliphatic carbocycles. The van der Waals surface area contributed by atoms with E-state index in [4.69, 9.17) is 0 Å². The first-order chi connectivity index (χ1) is 11.6. The van der Waals surface area contributed by atoms with E-state index in [9.17, 15) is 4.79 Å². The number of rotatable bonds is 3. The van der Waals surface area contributed by atoms with E-state index in [0.29, 0.717) is 6.54 Å². The fourth-order valence-electron chi connectivity index (χ4n) is 3.70. The number of aryl methyl sites for hydroxylation is 1. The number of benzene rings is 1. The third kappa shape index (κ3) is 2.21. The highest BCUT2D eigenvalue weighted by molar-refractivity contribution is 7.09. The lowest BCUT2D eigenvalue weighted by Gasteiger charge is -2.27. The molecule has 0 saturated carbocycles. The number of nitrogens with one attached hydrogen (secondary N) is 1. The molecule has 122 valence electrons. The van der Waals surface area contributed by atoms with Gasteiger partial charge in [0.1, 0.15) is 0 Å². The van der Waals surface area contributed by atoms with E-state index < -0.39 is 0 Å². The van der Waals surface area contributed by atoms with E-state index in [1.54, 1.807) is 11.3 Å². The summed E-state index contributed by atoms with van der Waals surface area (Å²) < 4.78 is 0. The van der Waals surface area contributed by atoms with Crippen LogP contribution in [0.1, 0.15) is 36.0 Å². The molecule has 3 aromatic rings. The summed E-state index contributed by atoms with van der Waals surface area (Å²) in [7, 11) is 0. The molecule has 4 heteroatoms. The Bertz CT molecular complexity index is 949. The van der Waals surface area contributed by atoms with Gasteiger partial charge < -0.3 is 9.88 Å². The number of thiophene rings is 1. The molecule has 3 nitrogen and oxygen atoms in total. The Morgan fingerprint density at radius 3 is 2.67 bits per heavy atom.